The van der Waals surface area contributed by atoms with Crippen molar-refractivity contribution in [2.45, 2.75) is 39.3 Å². The molecule has 26 heavy (non-hydrogen) atoms. The predicted molar refractivity (Wildman–Crippen MR) is 104 cm³/mol. The van der Waals surface area contributed by atoms with Gasteiger partial charge >= 0.3 is 6.09 Å². The molecule has 0 fully saturated rings. The maximum atomic E-state index is 12.4. The number of anilines is 2. The monoisotopic (exact) mass is 355 g/mol. The summed E-state index contributed by atoms with van der Waals surface area (Å²) < 4.78 is 5.17. The fraction of sp³-hybridized carbons (Fsp3) is 0.300. The van der Waals surface area contributed by atoms with Gasteiger partial charge in [-0.3, -0.25) is 4.79 Å². The lowest BCUT2D eigenvalue weighted by molar-refractivity contribution is -0.117. The van der Waals surface area contributed by atoms with E-state index in [4.69, 9.17) is 10.5 Å². The summed E-state index contributed by atoms with van der Waals surface area (Å²) in [6.45, 7) is 6.89. The number of benzene rings is 2. The van der Waals surface area contributed by atoms with Crippen LogP contribution in [0.5, 0.6) is 0 Å². The number of nitrogens with one attached hydrogen (secondary N) is 2. The summed E-state index contributed by atoms with van der Waals surface area (Å²) in [6.07, 6.45) is -0.632. The first-order valence-electron chi connectivity index (χ1n) is 8.41. The molecule has 0 spiro atoms. The summed E-state index contributed by atoms with van der Waals surface area (Å²) in [4.78, 5) is 24.3. The molecule has 0 radical (unpaired) electrons. The van der Waals surface area contributed by atoms with Crippen LogP contribution in [0.3, 0.4) is 0 Å². The average molecular weight is 355 g/mol. The van der Waals surface area contributed by atoms with E-state index in [1.165, 1.54) is 0 Å². The molecule has 138 valence electrons. The van der Waals surface area contributed by atoms with Crippen molar-refractivity contribution in [3.05, 3.63) is 48.5 Å². The van der Waals surface area contributed by atoms with Gasteiger partial charge in [-0.1, -0.05) is 30.3 Å². The molecule has 0 saturated carbocycles. The summed E-state index contributed by atoms with van der Waals surface area (Å²) in [6, 6.07) is 14.1. The zero-order valence-electron chi connectivity index (χ0n) is 15.5. The largest absolute Gasteiger partial charge is 0.444 e. The number of hydrogen-bond donors (Lipinski definition) is 3. The number of alkyl carbamates (subject to hydrolysis) is 1. The zero-order chi connectivity index (χ0) is 19.3. The number of nitrogens with two attached hydrogens (primary N) is 1. The number of ether oxygens (including phenoxy) is 1. The summed E-state index contributed by atoms with van der Waals surface area (Å²) >= 11 is 0. The Bertz CT molecular complexity index is 780. The molecule has 0 heterocycles. The number of para-hydroxylation sites is 1. The van der Waals surface area contributed by atoms with Gasteiger partial charge in [0.1, 0.15) is 11.6 Å². The minimum Gasteiger partial charge on any atom is -0.444 e. The van der Waals surface area contributed by atoms with Gasteiger partial charge in [0.15, 0.2) is 0 Å². The van der Waals surface area contributed by atoms with E-state index in [1.54, 1.807) is 39.8 Å². The fourth-order valence-electron chi connectivity index (χ4n) is 2.30. The molecule has 4 N–H and O–H groups in total. The van der Waals surface area contributed by atoms with Crippen LogP contribution in [0.1, 0.15) is 27.7 Å². The minimum atomic E-state index is -0.746. The third-order valence-corrected chi connectivity index (χ3v) is 3.53. The molecule has 0 aliphatic carbocycles. The molecule has 0 aliphatic heterocycles. The molecule has 2 amide bonds. The standard InChI is InChI=1S/C20H25N3O3/c1-13(22-19(25)26-20(2,3)4)18(24)23-17-8-6-5-7-16(17)14-9-11-15(21)12-10-14/h5-13H,21H2,1-4H3,(H,22,25)(H,23,24)/t13-/m0/s1. The van der Waals surface area contributed by atoms with Crippen molar-refractivity contribution in [1.29, 1.82) is 0 Å². The first-order chi connectivity index (χ1) is 12.2. The van der Waals surface area contributed by atoms with Crippen molar-refractivity contribution in [2.24, 2.45) is 0 Å². The second-order valence-corrected chi connectivity index (χ2v) is 7.02. The van der Waals surface area contributed by atoms with Gasteiger partial charge in [-0.15, -0.1) is 0 Å². The van der Waals surface area contributed by atoms with Crippen LogP contribution >= 0.6 is 0 Å². The first-order valence-corrected chi connectivity index (χ1v) is 8.41. The van der Waals surface area contributed by atoms with Crippen LogP contribution in [0.25, 0.3) is 11.1 Å². The van der Waals surface area contributed by atoms with Gasteiger partial charge in [0.2, 0.25) is 5.91 Å². The van der Waals surface area contributed by atoms with Gasteiger partial charge in [0, 0.05) is 16.9 Å². The normalized spacial score (nSPS) is 12.2. The highest BCUT2D eigenvalue weighted by molar-refractivity contribution is 5.99. The molecule has 0 aliphatic rings. The van der Waals surface area contributed by atoms with Gasteiger partial charge in [-0.05, 0) is 51.5 Å². The molecule has 0 saturated heterocycles. The van der Waals surface area contributed by atoms with Crippen molar-refractivity contribution in [1.82, 2.24) is 5.32 Å². The van der Waals surface area contributed by atoms with Crippen LogP contribution in [-0.2, 0) is 9.53 Å². The summed E-state index contributed by atoms with van der Waals surface area (Å²) in [7, 11) is 0. The molecule has 6 heteroatoms. The van der Waals surface area contributed by atoms with Crippen molar-refractivity contribution in [3.8, 4) is 11.1 Å². The van der Waals surface area contributed by atoms with Crippen molar-refractivity contribution < 1.29 is 14.3 Å². The van der Waals surface area contributed by atoms with Crippen molar-refractivity contribution in [2.75, 3.05) is 11.1 Å². The summed E-state index contributed by atoms with van der Waals surface area (Å²) in [5, 5.41) is 5.38. The lowest BCUT2D eigenvalue weighted by atomic mass is 10.0. The SMILES string of the molecule is C[C@H](NC(=O)OC(C)(C)C)C(=O)Nc1ccccc1-c1ccc(N)cc1. The van der Waals surface area contributed by atoms with E-state index in [0.717, 1.165) is 11.1 Å². The second kappa shape index (κ2) is 7.91. The van der Waals surface area contributed by atoms with E-state index in [1.807, 2.05) is 36.4 Å². The van der Waals surface area contributed by atoms with Crippen LogP contribution in [0, 0.1) is 0 Å². The summed E-state index contributed by atoms with van der Waals surface area (Å²) in [5.41, 5.74) is 8.23. The molecule has 1 atom stereocenters. The predicted octanol–water partition coefficient (Wildman–Crippen LogP) is 3.79. The van der Waals surface area contributed by atoms with Gasteiger partial charge in [0.05, 0.1) is 0 Å². The van der Waals surface area contributed by atoms with Crippen molar-refractivity contribution >= 4 is 23.4 Å². The molecule has 2 rings (SSSR count). The van der Waals surface area contributed by atoms with Crippen LogP contribution in [0.2, 0.25) is 0 Å². The third kappa shape index (κ3) is 5.51. The Hall–Kier alpha value is -3.02. The number of nitrogen functional groups attached to an aromatic ring is 1. The van der Waals surface area contributed by atoms with E-state index in [2.05, 4.69) is 10.6 Å². The van der Waals surface area contributed by atoms with Gasteiger partial charge in [-0.25, -0.2) is 4.79 Å². The van der Waals surface area contributed by atoms with E-state index >= 15 is 0 Å². The smallest absolute Gasteiger partial charge is 0.408 e. The van der Waals surface area contributed by atoms with Gasteiger partial charge in [0.25, 0.3) is 0 Å². The first kappa shape index (κ1) is 19.3. The highest BCUT2D eigenvalue weighted by Crippen LogP contribution is 2.28. The number of hydrogen-bond acceptors (Lipinski definition) is 4. The third-order valence-electron chi connectivity index (χ3n) is 3.53. The molecule has 0 unspecified atom stereocenters. The lowest BCUT2D eigenvalue weighted by Gasteiger charge is -2.22. The molecule has 0 aromatic heterocycles. The lowest BCUT2D eigenvalue weighted by Crippen LogP contribution is -2.44. The van der Waals surface area contributed by atoms with E-state index in [0.29, 0.717) is 11.4 Å². The Morgan fingerprint density at radius 1 is 1.04 bits per heavy atom. The topological polar surface area (TPSA) is 93.4 Å². The Kier molecular flexibility index (Phi) is 5.87. The Labute approximate surface area is 153 Å². The molecule has 2 aromatic carbocycles. The van der Waals surface area contributed by atoms with Crippen LogP contribution in [0.15, 0.2) is 48.5 Å². The number of amides is 2. The van der Waals surface area contributed by atoms with Crippen LogP contribution in [-0.4, -0.2) is 23.6 Å². The van der Waals surface area contributed by atoms with E-state index in [9.17, 15) is 9.59 Å². The molecular formula is C20H25N3O3. The Morgan fingerprint density at radius 3 is 2.27 bits per heavy atom. The van der Waals surface area contributed by atoms with Gasteiger partial charge < -0.3 is 21.1 Å². The maximum absolute atomic E-state index is 12.4. The minimum absolute atomic E-state index is 0.334. The number of carbonyl (C=O) groups is 2. The molecule has 0 bridgehead atoms. The number of carbonyl (C=O) groups excluding carboxylic acids is 2. The highest BCUT2D eigenvalue weighted by atomic mass is 16.6. The molecular weight excluding hydrogens is 330 g/mol. The highest BCUT2D eigenvalue weighted by Gasteiger charge is 2.21. The maximum Gasteiger partial charge on any atom is 0.408 e. The Morgan fingerprint density at radius 2 is 1.65 bits per heavy atom. The van der Waals surface area contributed by atoms with E-state index < -0.39 is 17.7 Å². The molecule has 6 nitrogen and oxygen atoms in total. The second-order valence-electron chi connectivity index (χ2n) is 7.02. The Balaban J connectivity index is 2.09. The van der Waals surface area contributed by atoms with Gasteiger partial charge in [-0.2, -0.15) is 0 Å². The average Bonchev–Trinajstić information content (AvgIpc) is 2.54. The van der Waals surface area contributed by atoms with Crippen LogP contribution in [0.4, 0.5) is 16.2 Å². The number of rotatable bonds is 4. The van der Waals surface area contributed by atoms with Crippen molar-refractivity contribution in [3.63, 3.8) is 0 Å². The summed E-state index contributed by atoms with van der Waals surface area (Å²) in [5.74, 6) is -0.334. The van der Waals surface area contributed by atoms with E-state index in [-0.39, 0.29) is 5.91 Å². The molecule has 2 aromatic rings. The quantitative estimate of drug-likeness (QED) is 0.728. The zero-order valence-corrected chi connectivity index (χ0v) is 15.5. The fourth-order valence-corrected chi connectivity index (χ4v) is 2.30. The van der Waals surface area contributed by atoms with Crippen LogP contribution < -0.4 is 16.4 Å².